The van der Waals surface area contributed by atoms with E-state index in [9.17, 15) is 0 Å². The van der Waals surface area contributed by atoms with E-state index in [0.29, 0.717) is 5.95 Å². The highest BCUT2D eigenvalue weighted by Crippen LogP contribution is 2.28. The first-order valence-electron chi connectivity index (χ1n) is 6.31. The van der Waals surface area contributed by atoms with Crippen LogP contribution in [0.5, 0.6) is 0 Å². The quantitative estimate of drug-likeness (QED) is 0.797. The van der Waals surface area contributed by atoms with Gasteiger partial charge in [0.15, 0.2) is 0 Å². The molecule has 0 unspecified atom stereocenters. The number of nitrogens with zero attached hydrogens (tertiary/aromatic N) is 3. The lowest BCUT2D eigenvalue weighted by Gasteiger charge is -2.06. The molecule has 0 atom stereocenters. The fourth-order valence-corrected chi connectivity index (χ4v) is 2.66. The molecule has 20 heavy (non-hydrogen) atoms. The Labute approximate surface area is 121 Å². The van der Waals surface area contributed by atoms with E-state index in [4.69, 9.17) is 0 Å². The Balaban J connectivity index is 2.12. The van der Waals surface area contributed by atoms with Crippen LogP contribution >= 0.6 is 11.3 Å². The average Bonchev–Trinajstić information content (AvgIpc) is 2.94. The molecule has 2 heterocycles. The Morgan fingerprint density at radius 3 is 2.45 bits per heavy atom. The van der Waals surface area contributed by atoms with Gasteiger partial charge in [-0.2, -0.15) is 0 Å². The van der Waals surface area contributed by atoms with Gasteiger partial charge in [0.25, 0.3) is 0 Å². The SMILES string of the molecule is CNc1nc(-c2ccccc2)cc(-c2cnc(C)s2)n1. The predicted octanol–water partition coefficient (Wildman–Crippen LogP) is 3.62. The van der Waals surface area contributed by atoms with Crippen LogP contribution < -0.4 is 5.32 Å². The summed E-state index contributed by atoms with van der Waals surface area (Å²) in [5, 5.41) is 4.05. The van der Waals surface area contributed by atoms with E-state index in [1.165, 1.54) is 0 Å². The van der Waals surface area contributed by atoms with Gasteiger partial charge < -0.3 is 5.32 Å². The molecule has 0 amide bonds. The lowest BCUT2D eigenvalue weighted by Crippen LogP contribution is -1.99. The molecule has 2 aromatic heterocycles. The van der Waals surface area contributed by atoms with Crippen molar-refractivity contribution >= 4 is 17.3 Å². The van der Waals surface area contributed by atoms with Crippen molar-refractivity contribution in [1.29, 1.82) is 0 Å². The summed E-state index contributed by atoms with van der Waals surface area (Å²) in [4.78, 5) is 14.4. The molecule has 5 heteroatoms. The van der Waals surface area contributed by atoms with Crippen molar-refractivity contribution < 1.29 is 0 Å². The second-order valence-electron chi connectivity index (χ2n) is 4.32. The Bertz CT molecular complexity index is 722. The lowest BCUT2D eigenvalue weighted by molar-refractivity contribution is 1.16. The molecule has 3 aromatic rings. The van der Waals surface area contributed by atoms with Gasteiger partial charge >= 0.3 is 0 Å². The third kappa shape index (κ3) is 2.53. The minimum Gasteiger partial charge on any atom is -0.357 e. The number of aryl methyl sites for hydroxylation is 1. The van der Waals surface area contributed by atoms with Gasteiger partial charge in [-0.05, 0) is 13.0 Å². The highest BCUT2D eigenvalue weighted by Gasteiger charge is 2.09. The van der Waals surface area contributed by atoms with Crippen molar-refractivity contribution in [3.05, 3.63) is 47.6 Å². The minimum absolute atomic E-state index is 0.618. The Morgan fingerprint density at radius 2 is 1.80 bits per heavy atom. The van der Waals surface area contributed by atoms with Crippen LogP contribution in [0.2, 0.25) is 0 Å². The number of thiazole rings is 1. The summed E-state index contributed by atoms with van der Waals surface area (Å²) < 4.78 is 0. The zero-order valence-electron chi connectivity index (χ0n) is 11.3. The molecule has 0 radical (unpaired) electrons. The number of hydrogen-bond donors (Lipinski definition) is 1. The van der Waals surface area contributed by atoms with Crippen molar-refractivity contribution in [2.45, 2.75) is 6.92 Å². The second-order valence-corrected chi connectivity index (χ2v) is 5.56. The standard InChI is InChI=1S/C15H14N4S/c1-10-17-9-14(20-10)13-8-12(18-15(16-2)19-13)11-6-4-3-5-7-11/h3-9H,1-2H3,(H,16,18,19). The smallest absolute Gasteiger partial charge is 0.223 e. The fraction of sp³-hybridized carbons (Fsp3) is 0.133. The molecule has 0 saturated carbocycles. The maximum absolute atomic E-state index is 4.52. The first-order valence-corrected chi connectivity index (χ1v) is 7.13. The Kier molecular flexibility index (Phi) is 3.43. The molecular formula is C15H14N4S. The molecular weight excluding hydrogens is 268 g/mol. The number of anilines is 1. The third-order valence-corrected chi connectivity index (χ3v) is 3.83. The Hall–Kier alpha value is -2.27. The molecule has 4 nitrogen and oxygen atoms in total. The number of rotatable bonds is 3. The third-order valence-electron chi connectivity index (χ3n) is 2.89. The minimum atomic E-state index is 0.618. The van der Waals surface area contributed by atoms with Crippen LogP contribution in [0.4, 0.5) is 5.95 Å². The summed E-state index contributed by atoms with van der Waals surface area (Å²) in [5.41, 5.74) is 2.88. The van der Waals surface area contributed by atoms with Gasteiger partial charge in [0.05, 0.1) is 21.3 Å². The van der Waals surface area contributed by atoms with E-state index in [-0.39, 0.29) is 0 Å². The van der Waals surface area contributed by atoms with Crippen LogP contribution in [-0.2, 0) is 0 Å². The molecule has 1 aromatic carbocycles. The largest absolute Gasteiger partial charge is 0.357 e. The number of hydrogen-bond acceptors (Lipinski definition) is 5. The van der Waals surface area contributed by atoms with Crippen LogP contribution in [0.3, 0.4) is 0 Å². The normalized spacial score (nSPS) is 10.5. The van der Waals surface area contributed by atoms with E-state index < -0.39 is 0 Å². The van der Waals surface area contributed by atoms with E-state index in [0.717, 1.165) is 26.8 Å². The molecule has 0 aliphatic carbocycles. The van der Waals surface area contributed by atoms with Crippen molar-refractivity contribution in [2.75, 3.05) is 12.4 Å². The molecule has 0 saturated heterocycles. The maximum Gasteiger partial charge on any atom is 0.223 e. The van der Waals surface area contributed by atoms with Crippen molar-refractivity contribution in [3.8, 4) is 21.8 Å². The second kappa shape index (κ2) is 5.38. The van der Waals surface area contributed by atoms with Crippen LogP contribution in [0.1, 0.15) is 5.01 Å². The summed E-state index contributed by atoms with van der Waals surface area (Å²) >= 11 is 1.63. The van der Waals surface area contributed by atoms with E-state index in [2.05, 4.69) is 20.3 Å². The van der Waals surface area contributed by atoms with Gasteiger partial charge in [-0.3, -0.25) is 0 Å². The zero-order chi connectivity index (χ0) is 13.9. The van der Waals surface area contributed by atoms with Crippen molar-refractivity contribution in [1.82, 2.24) is 15.0 Å². The van der Waals surface area contributed by atoms with Gasteiger partial charge in [-0.1, -0.05) is 30.3 Å². The molecule has 100 valence electrons. The van der Waals surface area contributed by atoms with Gasteiger partial charge in [-0.25, -0.2) is 15.0 Å². The molecule has 0 aliphatic rings. The fourth-order valence-electron chi connectivity index (χ4n) is 1.92. The van der Waals surface area contributed by atoms with Gasteiger partial charge in [0.2, 0.25) is 5.95 Å². The molecule has 0 spiro atoms. The van der Waals surface area contributed by atoms with E-state index >= 15 is 0 Å². The van der Waals surface area contributed by atoms with Crippen LogP contribution in [-0.4, -0.2) is 22.0 Å². The summed E-state index contributed by atoms with van der Waals surface area (Å²) in [6, 6.07) is 12.1. The highest BCUT2D eigenvalue weighted by molar-refractivity contribution is 7.15. The van der Waals surface area contributed by atoms with Gasteiger partial charge in [-0.15, -0.1) is 11.3 Å². The summed E-state index contributed by atoms with van der Waals surface area (Å²) in [6.45, 7) is 1.99. The first-order chi connectivity index (χ1) is 9.76. The monoisotopic (exact) mass is 282 g/mol. The van der Waals surface area contributed by atoms with Crippen LogP contribution in [0.25, 0.3) is 21.8 Å². The highest BCUT2D eigenvalue weighted by atomic mass is 32.1. The molecule has 0 aliphatic heterocycles. The molecule has 0 fully saturated rings. The Morgan fingerprint density at radius 1 is 1.05 bits per heavy atom. The van der Waals surface area contributed by atoms with Crippen molar-refractivity contribution in [3.63, 3.8) is 0 Å². The topological polar surface area (TPSA) is 50.7 Å². The van der Waals surface area contributed by atoms with E-state index in [1.807, 2.05) is 56.6 Å². The first kappa shape index (κ1) is 12.7. The number of aromatic nitrogens is 3. The van der Waals surface area contributed by atoms with Crippen LogP contribution in [0, 0.1) is 6.92 Å². The lowest BCUT2D eigenvalue weighted by atomic mass is 10.1. The predicted molar refractivity (Wildman–Crippen MR) is 82.9 cm³/mol. The summed E-state index contributed by atoms with van der Waals surface area (Å²) in [5.74, 6) is 0.618. The maximum atomic E-state index is 4.52. The molecule has 3 rings (SSSR count). The zero-order valence-corrected chi connectivity index (χ0v) is 12.1. The van der Waals surface area contributed by atoms with Gasteiger partial charge in [0.1, 0.15) is 0 Å². The van der Waals surface area contributed by atoms with Gasteiger partial charge in [0, 0.05) is 18.8 Å². The van der Waals surface area contributed by atoms with E-state index in [1.54, 1.807) is 11.3 Å². The van der Waals surface area contributed by atoms with Crippen LogP contribution in [0.15, 0.2) is 42.6 Å². The molecule has 0 bridgehead atoms. The summed E-state index contributed by atoms with van der Waals surface area (Å²) in [6.07, 6.45) is 1.86. The molecule has 1 N–H and O–H groups in total. The van der Waals surface area contributed by atoms with Crippen molar-refractivity contribution in [2.24, 2.45) is 0 Å². The number of benzene rings is 1. The summed E-state index contributed by atoms with van der Waals surface area (Å²) in [7, 11) is 1.83. The number of nitrogens with one attached hydrogen (secondary N) is 1. The average molecular weight is 282 g/mol.